The number of carbonyl (C=O) groups is 1. The molecule has 1 aliphatic rings. The van der Waals surface area contributed by atoms with Crippen molar-refractivity contribution in [2.24, 2.45) is 5.92 Å². The van der Waals surface area contributed by atoms with E-state index in [1.165, 1.54) is 0 Å². The third-order valence-corrected chi connectivity index (χ3v) is 4.11. The van der Waals surface area contributed by atoms with Crippen LogP contribution in [-0.4, -0.2) is 33.4 Å². The highest BCUT2D eigenvalue weighted by Crippen LogP contribution is 2.34. The molecule has 0 radical (unpaired) electrons. The number of carbonyl (C=O) groups excluding carboxylic acids is 1. The maximum atomic E-state index is 12.5. The van der Waals surface area contributed by atoms with Crippen molar-refractivity contribution in [3.63, 3.8) is 0 Å². The van der Waals surface area contributed by atoms with Crippen LogP contribution < -0.4 is 5.32 Å². The maximum absolute atomic E-state index is 12.5. The fourth-order valence-corrected chi connectivity index (χ4v) is 2.71. The van der Waals surface area contributed by atoms with Gasteiger partial charge < -0.3 is 10.4 Å². The molecule has 0 saturated heterocycles. The number of aliphatic hydroxyl groups is 1. The molecule has 3 rings (SSSR count). The van der Waals surface area contributed by atoms with Gasteiger partial charge in [-0.25, -0.2) is 4.68 Å². The second-order valence-corrected chi connectivity index (χ2v) is 5.84. The molecule has 22 heavy (non-hydrogen) atoms. The van der Waals surface area contributed by atoms with E-state index in [9.17, 15) is 4.79 Å². The second kappa shape index (κ2) is 6.32. The maximum Gasteiger partial charge on any atom is 0.254 e. The van der Waals surface area contributed by atoms with Crippen LogP contribution in [0, 0.1) is 12.8 Å². The van der Waals surface area contributed by atoms with Gasteiger partial charge in [0.05, 0.1) is 16.9 Å². The number of nitrogens with zero attached hydrogens (tertiary/aromatic N) is 2. The predicted octanol–water partition coefficient (Wildman–Crippen LogP) is 2.07. The number of aromatic nitrogens is 2. The van der Waals surface area contributed by atoms with E-state index in [1.807, 2.05) is 37.3 Å². The Morgan fingerprint density at radius 1 is 1.41 bits per heavy atom. The molecule has 116 valence electrons. The number of hydrogen-bond donors (Lipinski definition) is 2. The number of para-hydroxylation sites is 1. The number of nitrogens with one attached hydrogen (secondary N) is 1. The number of rotatable bonds is 6. The summed E-state index contributed by atoms with van der Waals surface area (Å²) in [4.78, 5) is 12.5. The Balaban J connectivity index is 1.76. The standard InChI is InChI=1S/C17H21N3O2/c1-12-15(11-20(19-12)14-5-3-2-4-6-14)17(22)18-16(9-10-21)13-7-8-13/h2-6,11,13,16,21H,7-10H2,1H3,(H,18,22). The van der Waals surface area contributed by atoms with Gasteiger partial charge in [0.25, 0.3) is 5.91 Å². The Bertz CT molecular complexity index is 647. The minimum Gasteiger partial charge on any atom is -0.396 e. The molecule has 2 aromatic rings. The summed E-state index contributed by atoms with van der Waals surface area (Å²) in [7, 11) is 0. The van der Waals surface area contributed by atoms with Crippen LogP contribution in [-0.2, 0) is 0 Å². The van der Waals surface area contributed by atoms with Crippen LogP contribution in [0.5, 0.6) is 0 Å². The third-order valence-electron chi connectivity index (χ3n) is 4.11. The van der Waals surface area contributed by atoms with Crippen LogP contribution in [0.15, 0.2) is 36.5 Å². The quantitative estimate of drug-likeness (QED) is 0.858. The van der Waals surface area contributed by atoms with E-state index in [1.54, 1.807) is 10.9 Å². The summed E-state index contributed by atoms with van der Waals surface area (Å²) >= 11 is 0. The van der Waals surface area contributed by atoms with Gasteiger partial charge in [0, 0.05) is 18.8 Å². The molecule has 0 aliphatic heterocycles. The molecular formula is C17H21N3O2. The molecule has 1 amide bonds. The van der Waals surface area contributed by atoms with Gasteiger partial charge >= 0.3 is 0 Å². The molecular weight excluding hydrogens is 278 g/mol. The van der Waals surface area contributed by atoms with E-state index in [-0.39, 0.29) is 18.6 Å². The first kappa shape index (κ1) is 14.8. The van der Waals surface area contributed by atoms with Gasteiger partial charge in [-0.15, -0.1) is 0 Å². The Labute approximate surface area is 130 Å². The molecule has 0 bridgehead atoms. The number of aliphatic hydroxyl groups excluding tert-OH is 1. The summed E-state index contributed by atoms with van der Waals surface area (Å²) < 4.78 is 1.72. The van der Waals surface area contributed by atoms with Crippen molar-refractivity contribution in [2.45, 2.75) is 32.2 Å². The average molecular weight is 299 g/mol. The molecule has 1 saturated carbocycles. The molecule has 1 aliphatic carbocycles. The lowest BCUT2D eigenvalue weighted by atomic mass is 10.1. The summed E-state index contributed by atoms with van der Waals surface area (Å²) in [5.41, 5.74) is 2.23. The first-order chi connectivity index (χ1) is 10.7. The highest BCUT2D eigenvalue weighted by atomic mass is 16.3. The normalized spacial score (nSPS) is 15.5. The lowest BCUT2D eigenvalue weighted by molar-refractivity contribution is 0.0923. The van der Waals surface area contributed by atoms with Crippen LogP contribution in [0.3, 0.4) is 0 Å². The Kier molecular flexibility index (Phi) is 4.24. The lowest BCUT2D eigenvalue weighted by Gasteiger charge is -2.16. The molecule has 1 aromatic heterocycles. The van der Waals surface area contributed by atoms with Crippen LogP contribution in [0.4, 0.5) is 0 Å². The highest BCUT2D eigenvalue weighted by Gasteiger charge is 2.32. The van der Waals surface area contributed by atoms with E-state index in [2.05, 4.69) is 10.4 Å². The molecule has 1 heterocycles. The molecule has 0 spiro atoms. The van der Waals surface area contributed by atoms with E-state index < -0.39 is 0 Å². The Morgan fingerprint density at radius 2 is 2.14 bits per heavy atom. The molecule has 5 nitrogen and oxygen atoms in total. The van der Waals surface area contributed by atoms with Crippen molar-refractivity contribution in [1.82, 2.24) is 15.1 Å². The lowest BCUT2D eigenvalue weighted by Crippen LogP contribution is -2.37. The summed E-state index contributed by atoms with van der Waals surface area (Å²) in [5.74, 6) is 0.408. The minimum atomic E-state index is -0.106. The molecule has 5 heteroatoms. The van der Waals surface area contributed by atoms with Gasteiger partial charge in [-0.2, -0.15) is 5.10 Å². The third kappa shape index (κ3) is 3.20. The van der Waals surface area contributed by atoms with E-state index >= 15 is 0 Å². The predicted molar refractivity (Wildman–Crippen MR) is 84.0 cm³/mol. The van der Waals surface area contributed by atoms with Gasteiger partial charge in [-0.05, 0) is 44.2 Å². The average Bonchev–Trinajstić information content (AvgIpc) is 3.30. The zero-order chi connectivity index (χ0) is 15.5. The molecule has 1 atom stereocenters. The van der Waals surface area contributed by atoms with Gasteiger partial charge in [0.1, 0.15) is 0 Å². The smallest absolute Gasteiger partial charge is 0.254 e. The topological polar surface area (TPSA) is 67.2 Å². The van der Waals surface area contributed by atoms with Crippen molar-refractivity contribution in [3.05, 3.63) is 47.8 Å². The number of hydrogen-bond acceptors (Lipinski definition) is 3. The molecule has 1 aromatic carbocycles. The number of benzene rings is 1. The van der Waals surface area contributed by atoms with Gasteiger partial charge in [0.2, 0.25) is 0 Å². The van der Waals surface area contributed by atoms with Crippen molar-refractivity contribution in [2.75, 3.05) is 6.61 Å². The van der Waals surface area contributed by atoms with Gasteiger partial charge in [-0.1, -0.05) is 18.2 Å². The zero-order valence-electron chi connectivity index (χ0n) is 12.7. The first-order valence-corrected chi connectivity index (χ1v) is 7.72. The van der Waals surface area contributed by atoms with Crippen LogP contribution in [0.2, 0.25) is 0 Å². The minimum absolute atomic E-state index is 0.0666. The largest absolute Gasteiger partial charge is 0.396 e. The van der Waals surface area contributed by atoms with Gasteiger partial charge in [0.15, 0.2) is 0 Å². The fraction of sp³-hybridized carbons (Fsp3) is 0.412. The summed E-state index contributed by atoms with van der Waals surface area (Å²) in [6, 6.07) is 9.80. The van der Waals surface area contributed by atoms with Crippen molar-refractivity contribution < 1.29 is 9.90 Å². The number of aryl methyl sites for hydroxylation is 1. The monoisotopic (exact) mass is 299 g/mol. The molecule has 2 N–H and O–H groups in total. The van der Waals surface area contributed by atoms with Crippen LogP contribution >= 0.6 is 0 Å². The molecule has 1 fully saturated rings. The van der Waals surface area contributed by atoms with Gasteiger partial charge in [-0.3, -0.25) is 4.79 Å². The van der Waals surface area contributed by atoms with E-state index in [4.69, 9.17) is 5.11 Å². The van der Waals surface area contributed by atoms with Crippen molar-refractivity contribution in [3.8, 4) is 5.69 Å². The summed E-state index contributed by atoms with van der Waals surface area (Å²) in [5, 5.41) is 16.6. The summed E-state index contributed by atoms with van der Waals surface area (Å²) in [6.45, 7) is 1.94. The summed E-state index contributed by atoms with van der Waals surface area (Å²) in [6.07, 6.45) is 4.64. The van der Waals surface area contributed by atoms with E-state index in [0.29, 0.717) is 23.6 Å². The number of amides is 1. The van der Waals surface area contributed by atoms with Crippen molar-refractivity contribution >= 4 is 5.91 Å². The second-order valence-electron chi connectivity index (χ2n) is 5.84. The zero-order valence-corrected chi connectivity index (χ0v) is 12.7. The highest BCUT2D eigenvalue weighted by molar-refractivity contribution is 5.95. The van der Waals surface area contributed by atoms with Crippen LogP contribution in [0.1, 0.15) is 35.3 Å². The van der Waals surface area contributed by atoms with E-state index in [0.717, 1.165) is 18.5 Å². The molecule has 1 unspecified atom stereocenters. The Morgan fingerprint density at radius 3 is 2.77 bits per heavy atom. The SMILES string of the molecule is Cc1nn(-c2ccccc2)cc1C(=O)NC(CCO)C1CC1. The first-order valence-electron chi connectivity index (χ1n) is 7.72. The fourth-order valence-electron chi connectivity index (χ4n) is 2.71. The van der Waals surface area contributed by atoms with Crippen molar-refractivity contribution in [1.29, 1.82) is 0 Å². The Hall–Kier alpha value is -2.14. The van der Waals surface area contributed by atoms with Crippen LogP contribution in [0.25, 0.3) is 5.69 Å².